The van der Waals surface area contributed by atoms with Gasteiger partial charge in [0, 0.05) is 60.5 Å². The normalized spacial score (nSPS) is 23.9. The second-order valence-corrected chi connectivity index (χ2v) is 15.2. The molecule has 0 saturated carbocycles. The highest BCUT2D eigenvalue weighted by Crippen LogP contribution is 2.59. The van der Waals surface area contributed by atoms with Gasteiger partial charge in [-0.25, -0.2) is 12.8 Å². The Labute approximate surface area is 268 Å². The molecular weight excluding hydrogens is 622 g/mol. The van der Waals surface area contributed by atoms with E-state index in [1.807, 2.05) is 37.3 Å². The number of carbonyl (C=O) groups excluding carboxylic acids is 1. The zero-order valence-corrected chi connectivity index (χ0v) is 27.0. The van der Waals surface area contributed by atoms with Gasteiger partial charge in [0.15, 0.2) is 0 Å². The lowest BCUT2D eigenvalue weighted by Crippen LogP contribution is -2.54. The van der Waals surface area contributed by atoms with Crippen molar-refractivity contribution in [3.8, 4) is 0 Å². The lowest BCUT2D eigenvalue weighted by atomic mass is 9.59. The number of piperazine rings is 1. The van der Waals surface area contributed by atoms with Gasteiger partial charge in [-0.05, 0) is 78.5 Å². The van der Waals surface area contributed by atoms with E-state index in [4.69, 9.17) is 28.2 Å². The van der Waals surface area contributed by atoms with E-state index in [1.165, 1.54) is 18.4 Å². The minimum atomic E-state index is -3.00. The fourth-order valence-electron chi connectivity index (χ4n) is 7.10. The van der Waals surface area contributed by atoms with E-state index in [-0.39, 0.29) is 23.4 Å². The van der Waals surface area contributed by atoms with Crippen molar-refractivity contribution in [1.82, 2.24) is 9.80 Å². The Hall–Kier alpha value is -2.98. The van der Waals surface area contributed by atoms with Crippen LogP contribution in [0.1, 0.15) is 47.1 Å². The highest BCUT2D eigenvalue weighted by atomic mass is 35.5. The molecule has 0 aromatic heterocycles. The molecule has 11 heteroatoms. The molecule has 3 heterocycles. The van der Waals surface area contributed by atoms with Crippen LogP contribution in [0.25, 0.3) is 0 Å². The van der Waals surface area contributed by atoms with Crippen molar-refractivity contribution in [2.75, 3.05) is 50.0 Å². The first-order chi connectivity index (χ1) is 21.0. The molecule has 1 spiro atoms. The highest BCUT2D eigenvalue weighted by Gasteiger charge is 2.61. The first-order valence-electron chi connectivity index (χ1n) is 14.8. The van der Waals surface area contributed by atoms with Gasteiger partial charge in [0.05, 0.1) is 11.8 Å². The fourth-order valence-corrected chi connectivity index (χ4v) is 8.12. The van der Waals surface area contributed by atoms with Gasteiger partial charge in [0.2, 0.25) is 5.91 Å². The van der Waals surface area contributed by atoms with Gasteiger partial charge < -0.3 is 10.2 Å². The van der Waals surface area contributed by atoms with Crippen molar-refractivity contribution < 1.29 is 17.6 Å². The molecule has 6 rings (SSSR count). The number of sulfone groups is 1. The summed E-state index contributed by atoms with van der Waals surface area (Å²) in [4.78, 5) is 24.3. The molecule has 0 radical (unpaired) electrons. The Kier molecular flexibility index (Phi) is 8.52. The Morgan fingerprint density at radius 3 is 2.50 bits per heavy atom. The van der Waals surface area contributed by atoms with Crippen LogP contribution in [0.2, 0.25) is 10.0 Å². The maximum atomic E-state index is 14.9. The standard InChI is InChI=1S/C33H35Cl2FN4O3S/c1-21-7-9-25(36)19-26(21)31-33(27-10-8-24(35)18-29(27)37-32(33)41)28(22-5-3-6-23(34)17-22)20-30(38-31)40-14-12-39(13-15-40)11-4-16-44(2,42)43/h3,5-10,17-19,28,31H,4,11-16,20H2,1-2H3,(H,37,41)/t28-,31+,33-/m0/s1. The molecule has 44 heavy (non-hydrogen) atoms. The fraction of sp³-hybridized carbons (Fsp3) is 0.394. The smallest absolute Gasteiger partial charge is 0.238 e. The third-order valence-electron chi connectivity index (χ3n) is 9.21. The molecule has 1 fully saturated rings. The van der Waals surface area contributed by atoms with E-state index in [0.717, 1.165) is 35.6 Å². The second kappa shape index (κ2) is 12.1. The number of benzene rings is 3. The van der Waals surface area contributed by atoms with Crippen molar-refractivity contribution in [2.24, 2.45) is 4.99 Å². The number of fused-ring (bicyclic) bond motifs is 2. The summed E-state index contributed by atoms with van der Waals surface area (Å²) >= 11 is 12.9. The lowest BCUT2D eigenvalue weighted by molar-refractivity contribution is -0.122. The number of amidine groups is 1. The molecule has 1 amide bonds. The second-order valence-electron chi connectivity index (χ2n) is 12.1. The molecule has 1 N–H and O–H groups in total. The average Bonchev–Trinajstić information content (AvgIpc) is 3.25. The minimum absolute atomic E-state index is 0.173. The van der Waals surface area contributed by atoms with Crippen molar-refractivity contribution in [1.29, 1.82) is 0 Å². The molecule has 3 atom stereocenters. The van der Waals surface area contributed by atoms with Crippen LogP contribution >= 0.6 is 23.2 Å². The molecule has 0 bridgehead atoms. The van der Waals surface area contributed by atoms with Crippen molar-refractivity contribution in [2.45, 2.75) is 37.1 Å². The van der Waals surface area contributed by atoms with Crippen molar-refractivity contribution in [3.05, 3.63) is 98.8 Å². The number of nitrogens with zero attached hydrogens (tertiary/aromatic N) is 3. The number of aliphatic imine (C=N–C) groups is 1. The molecule has 7 nitrogen and oxygen atoms in total. The molecule has 232 valence electrons. The number of carbonyl (C=O) groups is 1. The Morgan fingerprint density at radius 1 is 1.02 bits per heavy atom. The van der Waals surface area contributed by atoms with E-state index in [2.05, 4.69) is 15.1 Å². The molecule has 0 unspecified atom stereocenters. The van der Waals surface area contributed by atoms with E-state index >= 15 is 0 Å². The molecule has 3 aromatic carbocycles. The summed E-state index contributed by atoms with van der Waals surface area (Å²) in [5.41, 5.74) is 2.64. The van der Waals surface area contributed by atoms with Crippen LogP contribution < -0.4 is 5.32 Å². The van der Waals surface area contributed by atoms with Crippen LogP contribution in [0, 0.1) is 12.7 Å². The first-order valence-corrected chi connectivity index (χ1v) is 17.6. The number of amides is 1. The summed E-state index contributed by atoms with van der Waals surface area (Å²) in [5.74, 6) is 0.0794. The topological polar surface area (TPSA) is 82.1 Å². The van der Waals surface area contributed by atoms with Gasteiger partial charge in [0.25, 0.3) is 0 Å². The van der Waals surface area contributed by atoms with Crippen LogP contribution in [-0.2, 0) is 20.0 Å². The van der Waals surface area contributed by atoms with E-state index in [9.17, 15) is 17.6 Å². The average molecular weight is 658 g/mol. The van der Waals surface area contributed by atoms with Gasteiger partial charge in [-0.3, -0.25) is 14.7 Å². The van der Waals surface area contributed by atoms with Crippen LogP contribution in [0.5, 0.6) is 0 Å². The monoisotopic (exact) mass is 656 g/mol. The minimum Gasteiger partial charge on any atom is -0.358 e. The molecule has 0 aliphatic carbocycles. The van der Waals surface area contributed by atoms with Gasteiger partial charge in [0.1, 0.15) is 26.9 Å². The maximum Gasteiger partial charge on any atom is 0.238 e. The molecule has 3 aliphatic rings. The van der Waals surface area contributed by atoms with E-state index in [0.29, 0.717) is 53.8 Å². The van der Waals surface area contributed by atoms with Gasteiger partial charge >= 0.3 is 0 Å². The van der Waals surface area contributed by atoms with Crippen LogP contribution in [0.3, 0.4) is 0 Å². The van der Waals surface area contributed by atoms with Crippen molar-refractivity contribution in [3.63, 3.8) is 0 Å². The van der Waals surface area contributed by atoms with Gasteiger partial charge in [-0.1, -0.05) is 47.5 Å². The number of aryl methyl sites for hydroxylation is 1. The number of halogens is 3. The van der Waals surface area contributed by atoms with Crippen molar-refractivity contribution >= 4 is 50.5 Å². The number of hydrogen-bond donors (Lipinski definition) is 1. The quantitative estimate of drug-likeness (QED) is 0.351. The number of rotatable bonds is 6. The summed E-state index contributed by atoms with van der Waals surface area (Å²) in [5, 5.41) is 4.17. The summed E-state index contributed by atoms with van der Waals surface area (Å²) in [6.45, 7) is 5.58. The zero-order valence-electron chi connectivity index (χ0n) is 24.7. The highest BCUT2D eigenvalue weighted by molar-refractivity contribution is 7.90. The SMILES string of the molecule is Cc1ccc(F)cc1[C@H]1N=C(N2CCN(CCCS(C)(=O)=O)CC2)C[C@@H](c2cccc(Cl)c2)[C@]12C(=O)Nc1cc(Cl)ccc12. The largest absolute Gasteiger partial charge is 0.358 e. The Morgan fingerprint density at radius 2 is 1.77 bits per heavy atom. The molecule has 3 aromatic rings. The molecule has 1 saturated heterocycles. The first kappa shape index (κ1) is 31.0. The van der Waals surface area contributed by atoms with Crippen LogP contribution in [-0.4, -0.2) is 74.7 Å². The lowest BCUT2D eigenvalue weighted by Gasteiger charge is -2.47. The van der Waals surface area contributed by atoms with Gasteiger partial charge in [-0.15, -0.1) is 0 Å². The van der Waals surface area contributed by atoms with Crippen LogP contribution in [0.15, 0.2) is 65.7 Å². The number of hydrogen-bond acceptors (Lipinski definition) is 6. The number of anilines is 1. The van der Waals surface area contributed by atoms with Gasteiger partial charge in [-0.2, -0.15) is 0 Å². The van der Waals surface area contributed by atoms with Crippen LogP contribution in [0.4, 0.5) is 10.1 Å². The summed E-state index contributed by atoms with van der Waals surface area (Å²) in [6, 6.07) is 17.0. The predicted octanol–water partition coefficient (Wildman–Crippen LogP) is 6.01. The summed E-state index contributed by atoms with van der Waals surface area (Å²) in [6.07, 6.45) is 2.34. The Balaban J connectivity index is 1.46. The van der Waals surface area contributed by atoms with E-state index in [1.54, 1.807) is 18.2 Å². The molecule has 3 aliphatic heterocycles. The molecular formula is C33H35Cl2FN4O3S. The summed E-state index contributed by atoms with van der Waals surface area (Å²) in [7, 11) is -3.00. The maximum absolute atomic E-state index is 14.9. The third kappa shape index (κ3) is 5.87. The summed E-state index contributed by atoms with van der Waals surface area (Å²) < 4.78 is 38.1. The predicted molar refractivity (Wildman–Crippen MR) is 174 cm³/mol. The zero-order chi connectivity index (χ0) is 31.2. The van der Waals surface area contributed by atoms with E-state index < -0.39 is 21.3 Å². The third-order valence-corrected chi connectivity index (χ3v) is 10.7. The number of nitrogens with one attached hydrogen (secondary N) is 1. The Bertz CT molecular complexity index is 1740.